The van der Waals surface area contributed by atoms with Crippen LogP contribution in [0.3, 0.4) is 0 Å². The van der Waals surface area contributed by atoms with Gasteiger partial charge < -0.3 is 11.1 Å². The summed E-state index contributed by atoms with van der Waals surface area (Å²) in [5, 5.41) is 3.20. The second kappa shape index (κ2) is 6.49. The first kappa shape index (κ1) is 16.1. The van der Waals surface area contributed by atoms with Crippen molar-refractivity contribution in [3.05, 3.63) is 35.4 Å². The van der Waals surface area contributed by atoms with Crippen molar-refractivity contribution in [3.8, 4) is 0 Å². The number of carbonyl (C=O) groups excluding carboxylic acids is 1. The first-order chi connectivity index (χ1) is 11.6. The van der Waals surface area contributed by atoms with Crippen LogP contribution in [0.15, 0.2) is 24.3 Å². The summed E-state index contributed by atoms with van der Waals surface area (Å²) in [5.41, 5.74) is 9.19. The van der Waals surface area contributed by atoms with Crippen LogP contribution in [0.2, 0.25) is 0 Å². The van der Waals surface area contributed by atoms with Crippen molar-refractivity contribution in [3.63, 3.8) is 0 Å². The first-order valence-electron chi connectivity index (χ1n) is 9.47. The van der Waals surface area contributed by atoms with Crippen LogP contribution in [-0.4, -0.2) is 36.0 Å². The van der Waals surface area contributed by atoms with Crippen LogP contribution in [0.25, 0.3) is 0 Å². The number of fused-ring (bicyclic) bond motifs is 3. The van der Waals surface area contributed by atoms with Crippen molar-refractivity contribution >= 4 is 5.91 Å². The molecule has 2 fully saturated rings. The van der Waals surface area contributed by atoms with Crippen molar-refractivity contribution < 1.29 is 4.79 Å². The zero-order valence-electron chi connectivity index (χ0n) is 14.6. The van der Waals surface area contributed by atoms with E-state index >= 15 is 0 Å². The number of rotatable bonds is 4. The Hall–Kier alpha value is -1.39. The zero-order chi connectivity index (χ0) is 16.7. The molecule has 0 radical (unpaired) electrons. The molecule has 5 unspecified atom stereocenters. The lowest BCUT2D eigenvalue weighted by Crippen LogP contribution is -2.49. The van der Waals surface area contributed by atoms with Gasteiger partial charge >= 0.3 is 0 Å². The van der Waals surface area contributed by atoms with E-state index in [-0.39, 0.29) is 17.9 Å². The molecule has 1 aromatic rings. The number of nitrogens with one attached hydrogen (secondary N) is 1. The zero-order valence-corrected chi connectivity index (χ0v) is 14.6. The highest BCUT2D eigenvalue weighted by atomic mass is 16.2. The van der Waals surface area contributed by atoms with Gasteiger partial charge in [0.1, 0.15) is 0 Å². The third kappa shape index (κ3) is 2.86. The number of hydrogen-bond acceptors (Lipinski definition) is 3. The van der Waals surface area contributed by atoms with Gasteiger partial charge in [-0.3, -0.25) is 9.69 Å². The van der Waals surface area contributed by atoms with Gasteiger partial charge in [-0.05, 0) is 55.6 Å². The van der Waals surface area contributed by atoms with Gasteiger partial charge in [0.05, 0.1) is 5.92 Å². The third-order valence-corrected chi connectivity index (χ3v) is 6.64. The summed E-state index contributed by atoms with van der Waals surface area (Å²) in [4.78, 5) is 15.1. The van der Waals surface area contributed by atoms with Crippen LogP contribution in [-0.2, 0) is 17.8 Å². The first-order valence-corrected chi connectivity index (χ1v) is 9.47. The molecule has 0 saturated heterocycles. The third-order valence-electron chi connectivity index (χ3n) is 6.64. The SMILES string of the molecule is CC(CNC(=O)C1C2CCC(C2)C1N)N1CCc2ccccc2C1. The van der Waals surface area contributed by atoms with Crippen LogP contribution in [0.1, 0.15) is 37.3 Å². The molecule has 1 aromatic carbocycles. The number of nitrogens with zero attached hydrogens (tertiary/aromatic N) is 1. The fourth-order valence-corrected chi connectivity index (χ4v) is 5.11. The summed E-state index contributed by atoms with van der Waals surface area (Å²) in [6.07, 6.45) is 4.68. The van der Waals surface area contributed by atoms with Gasteiger partial charge in [-0.1, -0.05) is 24.3 Å². The average molecular weight is 327 g/mol. The van der Waals surface area contributed by atoms with Crippen molar-refractivity contribution in [2.75, 3.05) is 13.1 Å². The molecule has 0 aromatic heterocycles. The van der Waals surface area contributed by atoms with Gasteiger partial charge in [-0.25, -0.2) is 0 Å². The summed E-state index contributed by atoms with van der Waals surface area (Å²) in [6, 6.07) is 9.14. The predicted octanol–water partition coefficient (Wildman–Crippen LogP) is 1.92. The molecule has 4 rings (SSSR count). The number of carbonyl (C=O) groups is 1. The number of benzene rings is 1. The monoisotopic (exact) mass is 327 g/mol. The topological polar surface area (TPSA) is 58.4 Å². The number of hydrogen-bond donors (Lipinski definition) is 2. The molecule has 4 nitrogen and oxygen atoms in total. The molecule has 2 bridgehead atoms. The molecule has 1 amide bonds. The van der Waals surface area contributed by atoms with Crippen molar-refractivity contribution in [1.82, 2.24) is 10.2 Å². The molecule has 1 heterocycles. The van der Waals surface area contributed by atoms with Crippen LogP contribution < -0.4 is 11.1 Å². The van der Waals surface area contributed by atoms with Crippen LogP contribution in [0.4, 0.5) is 0 Å². The van der Waals surface area contributed by atoms with Gasteiger partial charge in [-0.2, -0.15) is 0 Å². The van der Waals surface area contributed by atoms with E-state index in [2.05, 4.69) is 41.4 Å². The second-order valence-corrected chi connectivity index (χ2v) is 8.02. The Morgan fingerprint density at radius 1 is 1.29 bits per heavy atom. The summed E-state index contributed by atoms with van der Waals surface area (Å²) in [7, 11) is 0. The van der Waals surface area contributed by atoms with Crippen LogP contribution in [0.5, 0.6) is 0 Å². The minimum atomic E-state index is 0.0537. The maximum absolute atomic E-state index is 12.6. The molecular formula is C20H29N3O. The van der Waals surface area contributed by atoms with E-state index in [1.54, 1.807) is 0 Å². The molecule has 3 aliphatic rings. The number of amides is 1. The Morgan fingerprint density at radius 3 is 2.79 bits per heavy atom. The molecular weight excluding hydrogens is 298 g/mol. The lowest BCUT2D eigenvalue weighted by atomic mass is 9.84. The predicted molar refractivity (Wildman–Crippen MR) is 95.3 cm³/mol. The molecule has 0 spiro atoms. The molecule has 1 aliphatic heterocycles. The highest BCUT2D eigenvalue weighted by Gasteiger charge is 2.49. The molecule has 3 N–H and O–H groups in total. The molecule has 2 saturated carbocycles. The molecule has 4 heteroatoms. The fraction of sp³-hybridized carbons (Fsp3) is 0.650. The minimum absolute atomic E-state index is 0.0537. The van der Waals surface area contributed by atoms with E-state index in [0.29, 0.717) is 17.9 Å². The fourth-order valence-electron chi connectivity index (χ4n) is 5.11. The molecule has 2 aliphatic carbocycles. The molecule has 24 heavy (non-hydrogen) atoms. The maximum Gasteiger partial charge on any atom is 0.225 e. The Kier molecular flexibility index (Phi) is 4.35. The maximum atomic E-state index is 12.6. The van der Waals surface area contributed by atoms with E-state index in [1.807, 2.05) is 0 Å². The summed E-state index contributed by atoms with van der Waals surface area (Å²) < 4.78 is 0. The Morgan fingerprint density at radius 2 is 2.04 bits per heavy atom. The normalized spacial score (nSPS) is 33.2. The van der Waals surface area contributed by atoms with Gasteiger partial charge in [0, 0.05) is 31.7 Å². The Balaban J connectivity index is 1.31. The van der Waals surface area contributed by atoms with Crippen molar-refractivity contribution in [2.24, 2.45) is 23.5 Å². The summed E-state index contributed by atoms with van der Waals surface area (Å²) in [5.74, 6) is 1.36. The van der Waals surface area contributed by atoms with Gasteiger partial charge in [0.2, 0.25) is 5.91 Å². The van der Waals surface area contributed by atoms with E-state index < -0.39 is 0 Å². The average Bonchev–Trinajstić information content (AvgIpc) is 3.20. The van der Waals surface area contributed by atoms with Crippen molar-refractivity contribution in [2.45, 2.75) is 51.2 Å². The smallest absolute Gasteiger partial charge is 0.225 e. The van der Waals surface area contributed by atoms with Gasteiger partial charge in [-0.15, -0.1) is 0 Å². The van der Waals surface area contributed by atoms with E-state index in [1.165, 1.54) is 24.0 Å². The van der Waals surface area contributed by atoms with Crippen LogP contribution >= 0.6 is 0 Å². The molecule has 130 valence electrons. The Labute approximate surface area is 144 Å². The van der Waals surface area contributed by atoms with E-state index in [0.717, 1.165) is 32.5 Å². The quantitative estimate of drug-likeness (QED) is 0.888. The van der Waals surface area contributed by atoms with E-state index in [9.17, 15) is 4.79 Å². The number of nitrogens with two attached hydrogens (primary N) is 1. The summed E-state index contributed by atoms with van der Waals surface area (Å²) >= 11 is 0. The lowest BCUT2D eigenvalue weighted by molar-refractivity contribution is -0.127. The standard InChI is InChI=1S/C20H29N3O/c1-13(23-9-8-14-4-2-3-5-17(14)12-23)11-22-20(24)18-15-6-7-16(10-15)19(18)21/h2-5,13,15-16,18-19H,6-12,21H2,1H3,(H,22,24). The molecule has 5 atom stereocenters. The minimum Gasteiger partial charge on any atom is -0.354 e. The van der Waals surface area contributed by atoms with Gasteiger partial charge in [0.25, 0.3) is 0 Å². The van der Waals surface area contributed by atoms with E-state index in [4.69, 9.17) is 5.73 Å². The lowest BCUT2D eigenvalue weighted by Gasteiger charge is -2.34. The largest absolute Gasteiger partial charge is 0.354 e. The summed E-state index contributed by atoms with van der Waals surface area (Å²) in [6.45, 7) is 5.00. The highest BCUT2D eigenvalue weighted by Crippen LogP contribution is 2.47. The van der Waals surface area contributed by atoms with Crippen molar-refractivity contribution in [1.29, 1.82) is 0 Å². The highest BCUT2D eigenvalue weighted by molar-refractivity contribution is 5.80. The van der Waals surface area contributed by atoms with Gasteiger partial charge in [0.15, 0.2) is 0 Å². The second-order valence-electron chi connectivity index (χ2n) is 8.02. The Bertz CT molecular complexity index is 615. The van der Waals surface area contributed by atoms with Crippen LogP contribution in [0, 0.1) is 17.8 Å².